The van der Waals surface area contributed by atoms with Gasteiger partial charge in [-0.2, -0.15) is 0 Å². The van der Waals surface area contributed by atoms with Crippen molar-refractivity contribution in [1.82, 2.24) is 10.6 Å². The third-order valence-electron chi connectivity index (χ3n) is 3.46. The Balaban J connectivity index is 2.63. The van der Waals surface area contributed by atoms with Crippen LogP contribution in [0, 0.1) is 10.8 Å². The maximum atomic E-state index is 12.4. The lowest BCUT2D eigenvalue weighted by molar-refractivity contribution is -0.137. The van der Waals surface area contributed by atoms with E-state index in [1.165, 1.54) is 0 Å². The predicted molar refractivity (Wildman–Crippen MR) is 98.5 cm³/mol. The molecule has 0 aromatic carbocycles. The summed E-state index contributed by atoms with van der Waals surface area (Å²) >= 11 is 1.88. The molecule has 0 radical (unpaired) electrons. The summed E-state index contributed by atoms with van der Waals surface area (Å²) in [6.45, 7) is 11.1. The molecule has 140 valence electrons. The molecular formula is C16H29IN2O5. The Bertz CT molecular complexity index is 450. The Labute approximate surface area is 157 Å². The molecule has 1 aliphatic heterocycles. The number of hydrogen-bond donors (Lipinski definition) is 3. The number of carbonyl (C=O) groups excluding carboxylic acids is 2. The van der Waals surface area contributed by atoms with Crippen LogP contribution in [0.4, 0.5) is 0 Å². The van der Waals surface area contributed by atoms with E-state index >= 15 is 0 Å². The normalized spacial score (nSPS) is 24.7. The Hall–Kier alpha value is -0.450. The number of amides is 2. The minimum Gasteiger partial charge on any atom is -0.395 e. The summed E-state index contributed by atoms with van der Waals surface area (Å²) in [5.74, 6) is -0.822. The summed E-state index contributed by atoms with van der Waals surface area (Å²) < 4.78 is 10.1. The molecule has 0 aromatic rings. The highest BCUT2D eigenvalue weighted by Crippen LogP contribution is 2.32. The van der Waals surface area contributed by atoms with Crippen LogP contribution in [0.15, 0.2) is 0 Å². The van der Waals surface area contributed by atoms with Crippen LogP contribution in [0.1, 0.15) is 41.0 Å². The highest BCUT2D eigenvalue weighted by Gasteiger charge is 2.44. The third-order valence-corrected chi connectivity index (χ3v) is 4.05. The van der Waals surface area contributed by atoms with E-state index in [9.17, 15) is 9.59 Å². The van der Waals surface area contributed by atoms with Crippen molar-refractivity contribution in [1.29, 1.82) is 0 Å². The van der Waals surface area contributed by atoms with Crippen LogP contribution in [0.5, 0.6) is 0 Å². The van der Waals surface area contributed by atoms with E-state index in [0.29, 0.717) is 6.54 Å². The van der Waals surface area contributed by atoms with E-state index in [1.54, 1.807) is 0 Å². The number of nitrogens with one attached hydrogen (secondary N) is 2. The first-order valence-electron chi connectivity index (χ1n) is 8.06. The van der Waals surface area contributed by atoms with Gasteiger partial charge in [-0.3, -0.25) is 9.59 Å². The molecule has 3 N–H and O–H groups in total. The third kappa shape index (κ3) is 7.20. The standard InChI is InChI=1S/C16H29IN2O5/c1-15(2,3)8-16(4,5)9-19-13(22)11-10(23-14(17)24-11)12(21)18-6-7-20/h10-11,14,20H,6-9H2,1-5H3,(H,18,21)(H,19,22)/t10-,11-,14?/m1/s1. The van der Waals surface area contributed by atoms with E-state index in [-0.39, 0.29) is 29.9 Å². The molecule has 3 atom stereocenters. The molecule has 0 aromatic heterocycles. The van der Waals surface area contributed by atoms with Crippen LogP contribution in [0.2, 0.25) is 0 Å². The second-order valence-electron chi connectivity index (χ2n) is 8.02. The molecule has 8 heteroatoms. The summed E-state index contributed by atoms with van der Waals surface area (Å²) in [6.07, 6.45) is -1.06. The lowest BCUT2D eigenvalue weighted by atomic mass is 9.76. The molecule has 1 rings (SSSR count). The van der Waals surface area contributed by atoms with Crippen molar-refractivity contribution < 1.29 is 24.2 Å². The molecule has 1 heterocycles. The molecule has 1 saturated heterocycles. The van der Waals surface area contributed by atoms with Crippen molar-refractivity contribution in [3.63, 3.8) is 0 Å². The van der Waals surface area contributed by atoms with Crippen LogP contribution in [-0.2, 0) is 19.1 Å². The lowest BCUT2D eigenvalue weighted by Gasteiger charge is -2.32. The smallest absolute Gasteiger partial charge is 0.252 e. The van der Waals surface area contributed by atoms with Gasteiger partial charge >= 0.3 is 0 Å². The highest BCUT2D eigenvalue weighted by molar-refractivity contribution is 14.1. The minimum atomic E-state index is -1.01. The second kappa shape index (κ2) is 8.77. The molecule has 0 spiro atoms. The van der Waals surface area contributed by atoms with Crippen molar-refractivity contribution in [2.45, 2.75) is 57.5 Å². The number of aliphatic hydroxyl groups excluding tert-OH is 1. The van der Waals surface area contributed by atoms with Gasteiger partial charge in [-0.1, -0.05) is 34.6 Å². The average Bonchev–Trinajstić information content (AvgIpc) is 2.82. The Morgan fingerprint density at radius 1 is 1.04 bits per heavy atom. The highest BCUT2D eigenvalue weighted by atomic mass is 127. The van der Waals surface area contributed by atoms with Gasteiger partial charge in [0.25, 0.3) is 11.8 Å². The molecule has 0 saturated carbocycles. The quantitative estimate of drug-likeness (QED) is 0.395. The van der Waals surface area contributed by atoms with Crippen LogP contribution >= 0.6 is 22.6 Å². The van der Waals surface area contributed by atoms with Gasteiger partial charge in [0.15, 0.2) is 12.2 Å². The lowest BCUT2D eigenvalue weighted by Crippen LogP contribution is -2.49. The first-order chi connectivity index (χ1) is 10.9. The van der Waals surface area contributed by atoms with Crippen LogP contribution in [0.25, 0.3) is 0 Å². The van der Waals surface area contributed by atoms with Gasteiger partial charge in [0, 0.05) is 13.1 Å². The Morgan fingerprint density at radius 3 is 2.00 bits per heavy atom. The number of alkyl halides is 1. The molecule has 0 aliphatic carbocycles. The monoisotopic (exact) mass is 456 g/mol. The zero-order valence-electron chi connectivity index (χ0n) is 15.0. The van der Waals surface area contributed by atoms with Crippen molar-refractivity contribution in [2.24, 2.45) is 10.8 Å². The largest absolute Gasteiger partial charge is 0.395 e. The van der Waals surface area contributed by atoms with Gasteiger partial charge in [-0.15, -0.1) is 0 Å². The summed E-state index contributed by atoms with van der Waals surface area (Å²) in [4.78, 5) is 24.5. The average molecular weight is 456 g/mol. The molecule has 24 heavy (non-hydrogen) atoms. The number of hydrogen-bond acceptors (Lipinski definition) is 5. The number of aliphatic hydroxyl groups is 1. The number of carbonyl (C=O) groups is 2. The molecular weight excluding hydrogens is 427 g/mol. The molecule has 1 unspecified atom stereocenters. The molecule has 2 amide bonds. The fourth-order valence-corrected chi connectivity index (χ4v) is 3.64. The van der Waals surface area contributed by atoms with Crippen molar-refractivity contribution in [3.8, 4) is 0 Å². The van der Waals surface area contributed by atoms with E-state index in [0.717, 1.165) is 6.42 Å². The molecule has 1 fully saturated rings. The van der Waals surface area contributed by atoms with E-state index in [2.05, 4.69) is 45.3 Å². The summed E-state index contributed by atoms with van der Waals surface area (Å²) in [7, 11) is 0. The minimum absolute atomic E-state index is 0.0776. The number of halogens is 1. The fourth-order valence-electron chi connectivity index (χ4n) is 3.01. The van der Waals surface area contributed by atoms with Gasteiger partial charge in [-0.05, 0) is 39.8 Å². The maximum absolute atomic E-state index is 12.4. The van der Waals surface area contributed by atoms with Crippen molar-refractivity contribution in [2.75, 3.05) is 19.7 Å². The zero-order valence-corrected chi connectivity index (χ0v) is 17.2. The number of rotatable bonds is 7. The van der Waals surface area contributed by atoms with Crippen molar-refractivity contribution in [3.05, 3.63) is 0 Å². The Morgan fingerprint density at radius 2 is 1.54 bits per heavy atom. The topological polar surface area (TPSA) is 96.9 Å². The van der Waals surface area contributed by atoms with Gasteiger partial charge in [0.05, 0.1) is 6.61 Å². The Kier molecular flexibility index (Phi) is 7.89. The van der Waals surface area contributed by atoms with E-state index in [1.807, 2.05) is 22.6 Å². The first kappa shape index (κ1) is 21.6. The summed E-state index contributed by atoms with van der Waals surface area (Å²) in [5, 5.41) is 14.2. The predicted octanol–water partition coefficient (Wildman–Crippen LogP) is 1.18. The van der Waals surface area contributed by atoms with Gasteiger partial charge in [0.1, 0.15) is 0 Å². The number of ether oxygens (including phenoxy) is 2. The molecule has 7 nitrogen and oxygen atoms in total. The van der Waals surface area contributed by atoms with Gasteiger partial charge in [0.2, 0.25) is 4.30 Å². The summed E-state index contributed by atoms with van der Waals surface area (Å²) in [5.41, 5.74) is 0.0763. The zero-order chi connectivity index (χ0) is 18.5. The maximum Gasteiger partial charge on any atom is 0.252 e. The molecule has 1 aliphatic rings. The van der Waals surface area contributed by atoms with Crippen molar-refractivity contribution >= 4 is 34.4 Å². The fraction of sp³-hybridized carbons (Fsp3) is 0.875. The van der Waals surface area contributed by atoms with E-state index < -0.39 is 22.4 Å². The second-order valence-corrected chi connectivity index (χ2v) is 9.04. The van der Waals surface area contributed by atoms with Crippen LogP contribution in [-0.4, -0.2) is 53.1 Å². The summed E-state index contributed by atoms with van der Waals surface area (Å²) in [6, 6.07) is 0. The van der Waals surface area contributed by atoms with Crippen LogP contribution < -0.4 is 10.6 Å². The van der Waals surface area contributed by atoms with Gasteiger partial charge in [-0.25, -0.2) is 0 Å². The molecule has 0 bridgehead atoms. The first-order valence-corrected chi connectivity index (χ1v) is 9.31. The van der Waals surface area contributed by atoms with E-state index in [4.69, 9.17) is 14.6 Å². The van der Waals surface area contributed by atoms with Gasteiger partial charge < -0.3 is 25.2 Å². The van der Waals surface area contributed by atoms with Crippen LogP contribution in [0.3, 0.4) is 0 Å². The SMILES string of the molecule is CC(C)(C)CC(C)(C)CNC(=O)[C@@H]1OC(I)O[C@H]1C(=O)NCCO.